The minimum absolute atomic E-state index is 0.160. The molecule has 1 aromatic heterocycles. The normalized spacial score (nSPS) is 10.4. The average Bonchev–Trinajstić information content (AvgIpc) is 3.14. The molecule has 138 valence electrons. The first-order chi connectivity index (χ1) is 13.0. The molecule has 3 rings (SSSR count). The monoisotopic (exact) mass is 430 g/mol. The van der Waals surface area contributed by atoms with Gasteiger partial charge in [0.05, 0.1) is 13.1 Å². The molecule has 0 radical (unpaired) electrons. The highest BCUT2D eigenvalue weighted by molar-refractivity contribution is 9.10. The lowest BCUT2D eigenvalue weighted by Gasteiger charge is -2.06. The maximum absolute atomic E-state index is 13.1. The molecule has 7 heteroatoms. The van der Waals surface area contributed by atoms with E-state index in [1.54, 1.807) is 6.07 Å². The first-order valence-corrected chi connectivity index (χ1v) is 8.96. The Balaban J connectivity index is 1.48. The molecule has 2 amide bonds. The molecule has 0 aliphatic carbocycles. The number of hydrogen-bond donors (Lipinski definition) is 2. The zero-order chi connectivity index (χ0) is 19.2. The number of amides is 2. The third-order valence-electron chi connectivity index (χ3n) is 3.75. The Hall–Kier alpha value is -2.93. The molecule has 0 bridgehead atoms. The molecule has 2 aromatic carbocycles. The van der Waals surface area contributed by atoms with Crippen LogP contribution in [0.4, 0.5) is 4.39 Å². The van der Waals surface area contributed by atoms with E-state index in [1.165, 1.54) is 18.2 Å². The molecule has 0 aliphatic heterocycles. The van der Waals surface area contributed by atoms with E-state index in [9.17, 15) is 14.0 Å². The summed E-state index contributed by atoms with van der Waals surface area (Å²) in [5.41, 5.74) is 1.09. The number of nitrogens with one attached hydrogen (secondary N) is 2. The zero-order valence-electron chi connectivity index (χ0n) is 14.2. The van der Waals surface area contributed by atoms with Crippen LogP contribution in [0.5, 0.6) is 0 Å². The van der Waals surface area contributed by atoms with Gasteiger partial charge in [-0.15, -0.1) is 0 Å². The van der Waals surface area contributed by atoms with Gasteiger partial charge in [0.2, 0.25) is 5.91 Å². The van der Waals surface area contributed by atoms with Gasteiger partial charge in [0.1, 0.15) is 17.3 Å². The molecule has 27 heavy (non-hydrogen) atoms. The third-order valence-corrected chi connectivity index (χ3v) is 4.28. The van der Waals surface area contributed by atoms with E-state index < -0.39 is 11.7 Å². The standard InChI is InChI=1S/C20H16BrFN2O3/c21-15-6-4-13(5-7-15)18-9-8-17(27-18)11-23-19(25)12-24-20(26)14-2-1-3-16(22)10-14/h1-10H,11-12H2,(H,23,25)(H,24,26). The number of rotatable bonds is 6. The van der Waals surface area contributed by atoms with E-state index in [-0.39, 0.29) is 24.6 Å². The Kier molecular flexibility index (Phi) is 6.03. The number of halogens is 2. The molecule has 0 spiro atoms. The van der Waals surface area contributed by atoms with Gasteiger partial charge in [-0.3, -0.25) is 9.59 Å². The maximum Gasteiger partial charge on any atom is 0.251 e. The summed E-state index contributed by atoms with van der Waals surface area (Å²) in [4.78, 5) is 23.8. The number of carbonyl (C=O) groups excluding carboxylic acids is 2. The molecule has 0 saturated carbocycles. The second-order valence-corrected chi connectivity index (χ2v) is 6.66. The lowest BCUT2D eigenvalue weighted by atomic mass is 10.2. The lowest BCUT2D eigenvalue weighted by molar-refractivity contribution is -0.120. The summed E-state index contributed by atoms with van der Waals surface area (Å²) in [7, 11) is 0. The molecular weight excluding hydrogens is 415 g/mol. The number of hydrogen-bond acceptors (Lipinski definition) is 3. The Labute approximate surface area is 163 Å². The number of carbonyl (C=O) groups is 2. The summed E-state index contributed by atoms with van der Waals surface area (Å²) >= 11 is 3.38. The van der Waals surface area contributed by atoms with Crippen LogP contribution in [0.3, 0.4) is 0 Å². The molecular formula is C20H16BrFN2O3. The van der Waals surface area contributed by atoms with E-state index >= 15 is 0 Å². The van der Waals surface area contributed by atoms with Gasteiger partial charge < -0.3 is 15.1 Å². The predicted molar refractivity (Wildman–Crippen MR) is 102 cm³/mol. The maximum atomic E-state index is 13.1. The predicted octanol–water partition coefficient (Wildman–Crippen LogP) is 3.89. The Morgan fingerprint density at radius 1 is 1.00 bits per heavy atom. The summed E-state index contributed by atoms with van der Waals surface area (Å²) in [6.07, 6.45) is 0. The van der Waals surface area contributed by atoms with Crippen LogP contribution in [0.25, 0.3) is 11.3 Å². The minimum Gasteiger partial charge on any atom is -0.459 e. The topological polar surface area (TPSA) is 71.3 Å². The van der Waals surface area contributed by atoms with Gasteiger partial charge in [0.15, 0.2) is 0 Å². The fourth-order valence-corrected chi connectivity index (χ4v) is 2.65. The molecule has 3 aromatic rings. The molecule has 0 unspecified atom stereocenters. The molecule has 0 atom stereocenters. The zero-order valence-corrected chi connectivity index (χ0v) is 15.8. The second-order valence-electron chi connectivity index (χ2n) is 5.74. The van der Waals surface area contributed by atoms with Gasteiger partial charge in [-0.2, -0.15) is 0 Å². The van der Waals surface area contributed by atoms with Crippen LogP contribution in [-0.2, 0) is 11.3 Å². The van der Waals surface area contributed by atoms with Gasteiger partial charge in [0, 0.05) is 15.6 Å². The summed E-state index contributed by atoms with van der Waals surface area (Å²) in [6.45, 7) is -0.0131. The molecule has 5 nitrogen and oxygen atoms in total. The van der Waals surface area contributed by atoms with Crippen molar-refractivity contribution in [1.29, 1.82) is 0 Å². The fraction of sp³-hybridized carbons (Fsp3) is 0.100. The van der Waals surface area contributed by atoms with Gasteiger partial charge in [0.25, 0.3) is 5.91 Å². The van der Waals surface area contributed by atoms with Gasteiger partial charge in [-0.25, -0.2) is 4.39 Å². The van der Waals surface area contributed by atoms with E-state index in [0.717, 1.165) is 16.1 Å². The first-order valence-electron chi connectivity index (χ1n) is 8.16. The third kappa shape index (κ3) is 5.27. The molecule has 0 saturated heterocycles. The molecule has 0 fully saturated rings. The van der Waals surface area contributed by atoms with Crippen molar-refractivity contribution in [1.82, 2.24) is 10.6 Å². The smallest absolute Gasteiger partial charge is 0.251 e. The van der Waals surface area contributed by atoms with Crippen LogP contribution >= 0.6 is 15.9 Å². The quantitative estimate of drug-likeness (QED) is 0.622. The van der Waals surface area contributed by atoms with Crippen molar-refractivity contribution in [2.24, 2.45) is 0 Å². The van der Waals surface area contributed by atoms with Crippen LogP contribution in [0.15, 0.2) is 69.6 Å². The molecule has 0 aliphatic rings. The van der Waals surface area contributed by atoms with E-state index in [1.807, 2.05) is 30.3 Å². The summed E-state index contributed by atoms with van der Waals surface area (Å²) in [5.74, 6) is -0.100. The van der Waals surface area contributed by atoms with Crippen molar-refractivity contribution in [3.05, 3.63) is 82.3 Å². The summed E-state index contributed by atoms with van der Waals surface area (Å²) < 4.78 is 19.8. The average molecular weight is 431 g/mol. The van der Waals surface area contributed by atoms with Crippen molar-refractivity contribution >= 4 is 27.7 Å². The van der Waals surface area contributed by atoms with Crippen molar-refractivity contribution in [2.75, 3.05) is 6.54 Å². The number of benzene rings is 2. The second kappa shape index (κ2) is 8.64. The van der Waals surface area contributed by atoms with Crippen LogP contribution < -0.4 is 10.6 Å². The van der Waals surface area contributed by atoms with Crippen LogP contribution in [0.2, 0.25) is 0 Å². The number of furan rings is 1. The van der Waals surface area contributed by atoms with E-state index in [2.05, 4.69) is 26.6 Å². The van der Waals surface area contributed by atoms with Crippen molar-refractivity contribution < 1.29 is 18.4 Å². The van der Waals surface area contributed by atoms with Gasteiger partial charge in [-0.05, 0) is 42.5 Å². The Morgan fingerprint density at radius 2 is 1.78 bits per heavy atom. The van der Waals surface area contributed by atoms with Crippen LogP contribution in [0.1, 0.15) is 16.1 Å². The van der Waals surface area contributed by atoms with Crippen LogP contribution in [0, 0.1) is 5.82 Å². The fourth-order valence-electron chi connectivity index (χ4n) is 2.38. The Bertz CT molecular complexity index is 954. The summed E-state index contributed by atoms with van der Waals surface area (Å²) in [6, 6.07) is 16.6. The lowest BCUT2D eigenvalue weighted by Crippen LogP contribution is -2.36. The largest absolute Gasteiger partial charge is 0.459 e. The highest BCUT2D eigenvalue weighted by Crippen LogP contribution is 2.23. The van der Waals surface area contributed by atoms with Crippen molar-refractivity contribution in [2.45, 2.75) is 6.54 Å². The highest BCUT2D eigenvalue weighted by Gasteiger charge is 2.10. The van der Waals surface area contributed by atoms with Crippen LogP contribution in [-0.4, -0.2) is 18.4 Å². The first kappa shape index (κ1) is 18.8. The SMILES string of the molecule is O=C(CNC(=O)c1cccc(F)c1)NCc1ccc(-c2ccc(Br)cc2)o1. The minimum atomic E-state index is -0.514. The van der Waals surface area contributed by atoms with Crippen molar-refractivity contribution in [3.63, 3.8) is 0 Å². The summed E-state index contributed by atoms with van der Waals surface area (Å²) in [5, 5.41) is 5.11. The molecule has 1 heterocycles. The molecule has 2 N–H and O–H groups in total. The van der Waals surface area contributed by atoms with Crippen molar-refractivity contribution in [3.8, 4) is 11.3 Å². The van der Waals surface area contributed by atoms with Gasteiger partial charge in [-0.1, -0.05) is 34.1 Å². The van der Waals surface area contributed by atoms with E-state index in [4.69, 9.17) is 4.42 Å². The van der Waals surface area contributed by atoms with Gasteiger partial charge >= 0.3 is 0 Å². The highest BCUT2D eigenvalue weighted by atomic mass is 79.9. The Morgan fingerprint density at radius 3 is 2.52 bits per heavy atom. The van der Waals surface area contributed by atoms with E-state index in [0.29, 0.717) is 11.5 Å².